The fourth-order valence-electron chi connectivity index (χ4n) is 1.52. The van der Waals surface area contributed by atoms with Gasteiger partial charge in [-0.05, 0) is 39.7 Å². The summed E-state index contributed by atoms with van der Waals surface area (Å²) in [5.41, 5.74) is 1.17. The molecule has 1 aromatic heterocycles. The maximum absolute atomic E-state index is 4.59. The standard InChI is InChI=1S/C12H22N2S/c1-9(2)6-7-12(4,13-5)11-14-10(3)8-15-11/h8-9,13H,6-7H2,1-5H3. The summed E-state index contributed by atoms with van der Waals surface area (Å²) < 4.78 is 0. The van der Waals surface area contributed by atoms with Crippen molar-refractivity contribution in [2.24, 2.45) is 5.92 Å². The zero-order chi connectivity index (χ0) is 11.5. The van der Waals surface area contributed by atoms with Gasteiger partial charge >= 0.3 is 0 Å². The van der Waals surface area contributed by atoms with Gasteiger partial charge in [0, 0.05) is 11.1 Å². The van der Waals surface area contributed by atoms with Crippen molar-refractivity contribution in [1.29, 1.82) is 0 Å². The molecule has 0 bridgehead atoms. The SMILES string of the molecule is CNC(C)(CCC(C)C)c1nc(C)cs1. The summed E-state index contributed by atoms with van der Waals surface area (Å²) in [6.07, 6.45) is 2.38. The summed E-state index contributed by atoms with van der Waals surface area (Å²) in [5.74, 6) is 0.749. The first kappa shape index (κ1) is 12.7. The molecular formula is C12H22N2S. The average Bonchev–Trinajstić information content (AvgIpc) is 2.62. The summed E-state index contributed by atoms with van der Waals surface area (Å²) in [4.78, 5) is 4.59. The van der Waals surface area contributed by atoms with E-state index < -0.39 is 0 Å². The normalized spacial score (nSPS) is 15.6. The van der Waals surface area contributed by atoms with Crippen LogP contribution in [-0.2, 0) is 5.54 Å². The molecule has 1 atom stereocenters. The Labute approximate surface area is 97.1 Å². The number of hydrogen-bond donors (Lipinski definition) is 1. The van der Waals surface area contributed by atoms with Crippen molar-refractivity contribution in [1.82, 2.24) is 10.3 Å². The molecule has 0 aromatic carbocycles. The van der Waals surface area contributed by atoms with Gasteiger partial charge in [0.1, 0.15) is 5.01 Å². The minimum absolute atomic E-state index is 0.0448. The van der Waals surface area contributed by atoms with Gasteiger partial charge in [-0.3, -0.25) is 0 Å². The van der Waals surface area contributed by atoms with Crippen molar-refractivity contribution in [2.45, 2.75) is 46.1 Å². The van der Waals surface area contributed by atoms with E-state index in [1.165, 1.54) is 11.4 Å². The minimum Gasteiger partial charge on any atom is -0.309 e. The summed E-state index contributed by atoms with van der Waals surface area (Å²) in [6, 6.07) is 0. The van der Waals surface area contributed by atoms with Gasteiger partial charge in [0.05, 0.1) is 5.54 Å². The van der Waals surface area contributed by atoms with Crippen LogP contribution in [0.15, 0.2) is 5.38 Å². The molecule has 0 amide bonds. The van der Waals surface area contributed by atoms with Crippen LogP contribution in [0.3, 0.4) is 0 Å². The van der Waals surface area contributed by atoms with Crippen LogP contribution >= 0.6 is 11.3 Å². The Bertz CT molecular complexity index is 306. The molecule has 1 rings (SSSR count). The monoisotopic (exact) mass is 226 g/mol. The third-order valence-electron chi connectivity index (χ3n) is 2.86. The number of hydrogen-bond acceptors (Lipinski definition) is 3. The molecule has 0 aliphatic heterocycles. The van der Waals surface area contributed by atoms with Crippen LogP contribution in [0.1, 0.15) is 44.3 Å². The Morgan fingerprint density at radius 3 is 2.60 bits per heavy atom. The topological polar surface area (TPSA) is 24.9 Å². The number of rotatable bonds is 5. The van der Waals surface area contributed by atoms with E-state index in [2.05, 4.69) is 43.4 Å². The molecule has 0 saturated heterocycles. The van der Waals surface area contributed by atoms with Gasteiger partial charge in [0.25, 0.3) is 0 Å². The van der Waals surface area contributed by atoms with Gasteiger partial charge in [-0.2, -0.15) is 0 Å². The Balaban J connectivity index is 2.75. The zero-order valence-corrected chi connectivity index (χ0v) is 11.2. The smallest absolute Gasteiger partial charge is 0.113 e. The van der Waals surface area contributed by atoms with Crippen molar-refractivity contribution >= 4 is 11.3 Å². The summed E-state index contributed by atoms with van der Waals surface area (Å²) in [7, 11) is 2.02. The summed E-state index contributed by atoms with van der Waals surface area (Å²) in [6.45, 7) is 8.83. The van der Waals surface area contributed by atoms with Crippen LogP contribution in [0.4, 0.5) is 0 Å². The van der Waals surface area contributed by atoms with E-state index in [9.17, 15) is 0 Å². The Morgan fingerprint density at radius 2 is 2.20 bits per heavy atom. The number of aromatic nitrogens is 1. The van der Waals surface area contributed by atoms with Crippen LogP contribution < -0.4 is 5.32 Å². The number of nitrogens with zero attached hydrogens (tertiary/aromatic N) is 1. The highest BCUT2D eigenvalue weighted by Gasteiger charge is 2.27. The molecule has 0 aliphatic carbocycles. The van der Waals surface area contributed by atoms with Crippen molar-refractivity contribution in [3.63, 3.8) is 0 Å². The van der Waals surface area contributed by atoms with Gasteiger partial charge < -0.3 is 5.32 Å². The second-order valence-corrected chi connectivity index (χ2v) is 5.67. The van der Waals surface area contributed by atoms with Crippen molar-refractivity contribution in [2.75, 3.05) is 7.05 Å². The van der Waals surface area contributed by atoms with Crippen LogP contribution in [0, 0.1) is 12.8 Å². The van der Waals surface area contributed by atoms with E-state index in [1.54, 1.807) is 11.3 Å². The van der Waals surface area contributed by atoms with E-state index in [0.29, 0.717) is 0 Å². The van der Waals surface area contributed by atoms with Crippen LogP contribution in [0.25, 0.3) is 0 Å². The minimum atomic E-state index is 0.0448. The third kappa shape index (κ3) is 3.28. The number of nitrogens with one attached hydrogen (secondary N) is 1. The molecule has 0 radical (unpaired) electrons. The first-order valence-corrected chi connectivity index (χ1v) is 6.47. The Hall–Kier alpha value is -0.410. The summed E-state index contributed by atoms with van der Waals surface area (Å²) in [5, 5.41) is 6.75. The fraction of sp³-hybridized carbons (Fsp3) is 0.750. The quantitative estimate of drug-likeness (QED) is 0.833. The van der Waals surface area contributed by atoms with E-state index in [-0.39, 0.29) is 5.54 Å². The largest absolute Gasteiger partial charge is 0.309 e. The molecule has 15 heavy (non-hydrogen) atoms. The van der Waals surface area contributed by atoms with E-state index in [1.807, 2.05) is 7.05 Å². The molecule has 0 fully saturated rings. The molecule has 1 aromatic rings. The molecule has 0 spiro atoms. The first-order valence-electron chi connectivity index (χ1n) is 5.59. The van der Waals surface area contributed by atoms with E-state index >= 15 is 0 Å². The fourth-order valence-corrected chi connectivity index (χ4v) is 2.52. The highest BCUT2D eigenvalue weighted by molar-refractivity contribution is 7.09. The molecule has 1 heterocycles. The molecule has 0 aliphatic rings. The molecule has 3 heteroatoms. The Kier molecular flexibility index (Phi) is 4.29. The highest BCUT2D eigenvalue weighted by atomic mass is 32.1. The molecule has 0 saturated carbocycles. The van der Waals surface area contributed by atoms with Crippen LogP contribution in [0.5, 0.6) is 0 Å². The highest BCUT2D eigenvalue weighted by Crippen LogP contribution is 2.29. The van der Waals surface area contributed by atoms with Crippen molar-refractivity contribution in [3.8, 4) is 0 Å². The number of thiazole rings is 1. The lowest BCUT2D eigenvalue weighted by Gasteiger charge is -2.27. The van der Waals surface area contributed by atoms with Gasteiger partial charge in [0.15, 0.2) is 0 Å². The number of aryl methyl sites for hydroxylation is 1. The van der Waals surface area contributed by atoms with Crippen LogP contribution in [0.2, 0.25) is 0 Å². The van der Waals surface area contributed by atoms with E-state index in [4.69, 9.17) is 0 Å². The predicted molar refractivity (Wildman–Crippen MR) is 67.3 cm³/mol. The van der Waals surface area contributed by atoms with Crippen molar-refractivity contribution in [3.05, 3.63) is 16.1 Å². The molecular weight excluding hydrogens is 204 g/mol. The van der Waals surface area contributed by atoms with Crippen LogP contribution in [-0.4, -0.2) is 12.0 Å². The predicted octanol–water partition coefficient (Wildman–Crippen LogP) is 3.32. The summed E-state index contributed by atoms with van der Waals surface area (Å²) >= 11 is 1.76. The second kappa shape index (κ2) is 5.08. The maximum atomic E-state index is 4.59. The lowest BCUT2D eigenvalue weighted by atomic mass is 9.92. The van der Waals surface area contributed by atoms with E-state index in [0.717, 1.165) is 18.0 Å². The van der Waals surface area contributed by atoms with Gasteiger partial charge in [-0.25, -0.2) is 4.98 Å². The zero-order valence-electron chi connectivity index (χ0n) is 10.4. The maximum Gasteiger partial charge on any atom is 0.113 e. The average molecular weight is 226 g/mol. The lowest BCUT2D eigenvalue weighted by molar-refractivity contribution is 0.333. The molecule has 1 unspecified atom stereocenters. The second-order valence-electron chi connectivity index (χ2n) is 4.81. The first-order chi connectivity index (χ1) is 6.98. The molecule has 1 N–H and O–H groups in total. The molecule has 2 nitrogen and oxygen atoms in total. The van der Waals surface area contributed by atoms with Gasteiger partial charge in [-0.1, -0.05) is 13.8 Å². The molecule has 86 valence electrons. The lowest BCUT2D eigenvalue weighted by Crippen LogP contribution is -2.37. The van der Waals surface area contributed by atoms with Gasteiger partial charge in [-0.15, -0.1) is 11.3 Å². The van der Waals surface area contributed by atoms with Crippen molar-refractivity contribution < 1.29 is 0 Å². The van der Waals surface area contributed by atoms with Gasteiger partial charge in [0.2, 0.25) is 0 Å². The Morgan fingerprint density at radius 1 is 1.53 bits per heavy atom. The third-order valence-corrected chi connectivity index (χ3v) is 4.09.